The lowest BCUT2D eigenvalue weighted by atomic mass is 10.2. The maximum atomic E-state index is 8.73. The average molecular weight is 278 g/mol. The fourth-order valence-corrected chi connectivity index (χ4v) is 1.63. The van der Waals surface area contributed by atoms with Gasteiger partial charge in [0.15, 0.2) is 6.61 Å². The van der Waals surface area contributed by atoms with Crippen LogP contribution in [0.4, 0.5) is 0 Å². The van der Waals surface area contributed by atoms with Gasteiger partial charge in [0.05, 0.1) is 16.7 Å². The summed E-state index contributed by atoms with van der Waals surface area (Å²) in [6, 6.07) is 6.83. The molecule has 0 aliphatic heterocycles. The third-order valence-electron chi connectivity index (χ3n) is 2.40. The normalized spacial score (nSPS) is 10.5. The van der Waals surface area contributed by atoms with Crippen LogP contribution in [0.3, 0.4) is 0 Å². The summed E-state index contributed by atoms with van der Waals surface area (Å²) in [5.74, 6) is 1.70. The van der Waals surface area contributed by atoms with Crippen LogP contribution in [0.2, 0.25) is 5.02 Å². The van der Waals surface area contributed by atoms with Crippen molar-refractivity contribution in [2.24, 2.45) is 0 Å². The van der Waals surface area contributed by atoms with Crippen molar-refractivity contribution in [3.05, 3.63) is 40.5 Å². The molecule has 0 aliphatic rings. The number of aromatic nitrogens is 2. The van der Waals surface area contributed by atoms with E-state index in [2.05, 4.69) is 10.1 Å². The molecule has 0 radical (unpaired) electrons. The molecule has 98 valence electrons. The van der Waals surface area contributed by atoms with Crippen LogP contribution in [0.15, 0.2) is 22.7 Å². The summed E-state index contributed by atoms with van der Waals surface area (Å²) in [4.78, 5) is 4.19. The van der Waals surface area contributed by atoms with Gasteiger partial charge in [-0.3, -0.25) is 0 Å². The average Bonchev–Trinajstić information content (AvgIpc) is 2.86. The van der Waals surface area contributed by atoms with E-state index in [-0.39, 0.29) is 12.5 Å². The summed E-state index contributed by atoms with van der Waals surface area (Å²) in [5, 5.41) is 12.9. The van der Waals surface area contributed by atoms with Crippen LogP contribution in [-0.4, -0.2) is 10.1 Å². The molecule has 0 fully saturated rings. The van der Waals surface area contributed by atoms with Gasteiger partial charge < -0.3 is 9.26 Å². The van der Waals surface area contributed by atoms with Gasteiger partial charge in [-0.05, 0) is 18.2 Å². The molecule has 19 heavy (non-hydrogen) atoms. The molecule has 0 amide bonds. The molecular weight excluding hydrogens is 266 g/mol. The summed E-state index contributed by atoms with van der Waals surface area (Å²) < 4.78 is 10.6. The van der Waals surface area contributed by atoms with Gasteiger partial charge in [-0.1, -0.05) is 30.6 Å². The minimum Gasteiger partial charge on any atom is -0.484 e. The van der Waals surface area contributed by atoms with Crippen molar-refractivity contribution >= 4 is 11.6 Å². The third kappa shape index (κ3) is 3.24. The second-order valence-electron chi connectivity index (χ2n) is 4.25. The number of hydrogen-bond acceptors (Lipinski definition) is 5. The van der Waals surface area contributed by atoms with Crippen LogP contribution < -0.4 is 4.74 Å². The van der Waals surface area contributed by atoms with Crippen molar-refractivity contribution in [3.8, 4) is 11.8 Å². The minimum atomic E-state index is 0.168. The molecule has 0 bridgehead atoms. The van der Waals surface area contributed by atoms with E-state index in [0.29, 0.717) is 28.1 Å². The molecule has 2 rings (SSSR count). The summed E-state index contributed by atoms with van der Waals surface area (Å²) in [6.07, 6.45) is 0. The molecule has 0 unspecified atom stereocenters. The molecule has 1 heterocycles. The highest BCUT2D eigenvalue weighted by Gasteiger charge is 2.11. The second kappa shape index (κ2) is 5.72. The molecule has 0 spiro atoms. The van der Waals surface area contributed by atoms with Gasteiger partial charge in [0.1, 0.15) is 5.75 Å². The van der Waals surface area contributed by atoms with Crippen LogP contribution in [-0.2, 0) is 6.61 Å². The lowest BCUT2D eigenvalue weighted by molar-refractivity contribution is 0.284. The maximum absolute atomic E-state index is 8.73. The summed E-state index contributed by atoms with van der Waals surface area (Å²) >= 11 is 5.99. The molecular formula is C13H12ClN3O2. The van der Waals surface area contributed by atoms with Crippen LogP contribution in [0.5, 0.6) is 5.75 Å². The van der Waals surface area contributed by atoms with E-state index >= 15 is 0 Å². The number of rotatable bonds is 4. The number of nitrogens with zero attached hydrogens (tertiary/aromatic N) is 3. The Morgan fingerprint density at radius 3 is 2.84 bits per heavy atom. The number of halogens is 1. The first-order chi connectivity index (χ1) is 9.10. The predicted octanol–water partition coefficient (Wildman–Crippen LogP) is 3.30. The topological polar surface area (TPSA) is 71.9 Å². The Balaban J connectivity index is 2.04. The lowest BCUT2D eigenvalue weighted by Gasteiger charge is -2.05. The highest BCUT2D eigenvalue weighted by molar-refractivity contribution is 6.32. The first kappa shape index (κ1) is 13.4. The van der Waals surface area contributed by atoms with Crippen molar-refractivity contribution in [2.75, 3.05) is 0 Å². The van der Waals surface area contributed by atoms with Crippen LogP contribution in [0.25, 0.3) is 0 Å². The lowest BCUT2D eigenvalue weighted by Crippen LogP contribution is -1.98. The van der Waals surface area contributed by atoms with Crippen molar-refractivity contribution < 1.29 is 9.26 Å². The quantitative estimate of drug-likeness (QED) is 0.857. The van der Waals surface area contributed by atoms with E-state index < -0.39 is 0 Å². The van der Waals surface area contributed by atoms with E-state index in [1.165, 1.54) is 0 Å². The fraction of sp³-hybridized carbons (Fsp3) is 0.308. The molecule has 0 saturated carbocycles. The van der Waals surface area contributed by atoms with Crippen LogP contribution in [0.1, 0.15) is 37.0 Å². The van der Waals surface area contributed by atoms with E-state index in [9.17, 15) is 0 Å². The molecule has 0 saturated heterocycles. The molecule has 0 aliphatic carbocycles. The van der Waals surface area contributed by atoms with E-state index in [4.69, 9.17) is 26.1 Å². The van der Waals surface area contributed by atoms with Gasteiger partial charge in [0.2, 0.25) is 11.7 Å². The van der Waals surface area contributed by atoms with Gasteiger partial charge in [-0.25, -0.2) is 0 Å². The first-order valence-corrected chi connectivity index (χ1v) is 6.13. The Bertz CT molecular complexity index is 617. The smallest absolute Gasteiger partial charge is 0.229 e. The van der Waals surface area contributed by atoms with Crippen molar-refractivity contribution in [2.45, 2.75) is 26.4 Å². The Morgan fingerprint density at radius 2 is 2.26 bits per heavy atom. The number of benzene rings is 1. The summed E-state index contributed by atoms with van der Waals surface area (Å²) in [7, 11) is 0. The Hall–Kier alpha value is -2.06. The van der Waals surface area contributed by atoms with Gasteiger partial charge in [-0.2, -0.15) is 10.2 Å². The van der Waals surface area contributed by atoms with E-state index in [0.717, 1.165) is 0 Å². The van der Waals surface area contributed by atoms with Crippen molar-refractivity contribution in [3.63, 3.8) is 0 Å². The molecule has 0 atom stereocenters. The van der Waals surface area contributed by atoms with Gasteiger partial charge in [0, 0.05) is 5.92 Å². The van der Waals surface area contributed by atoms with Crippen LogP contribution in [0, 0.1) is 11.3 Å². The molecule has 2 aromatic rings. The highest BCUT2D eigenvalue weighted by atomic mass is 35.5. The van der Waals surface area contributed by atoms with Crippen molar-refractivity contribution in [1.82, 2.24) is 10.1 Å². The predicted molar refractivity (Wildman–Crippen MR) is 68.9 cm³/mol. The summed E-state index contributed by atoms with van der Waals surface area (Å²) in [6.45, 7) is 4.10. The molecule has 0 N–H and O–H groups in total. The standard InChI is InChI=1S/C13H12ClN3O2/c1-8(2)13-16-12(17-19-13)7-18-11-4-3-9(6-15)5-10(11)14/h3-5,8H,7H2,1-2H3. The zero-order valence-corrected chi connectivity index (χ0v) is 11.3. The van der Waals surface area contributed by atoms with E-state index in [1.807, 2.05) is 19.9 Å². The fourth-order valence-electron chi connectivity index (χ4n) is 1.39. The Kier molecular flexibility index (Phi) is 4.03. The zero-order valence-electron chi connectivity index (χ0n) is 10.6. The number of hydrogen-bond donors (Lipinski definition) is 0. The Labute approximate surface area is 115 Å². The van der Waals surface area contributed by atoms with Crippen molar-refractivity contribution in [1.29, 1.82) is 5.26 Å². The SMILES string of the molecule is CC(C)c1nc(COc2ccc(C#N)cc2Cl)no1. The second-order valence-corrected chi connectivity index (χ2v) is 4.66. The molecule has 1 aromatic carbocycles. The Morgan fingerprint density at radius 1 is 1.47 bits per heavy atom. The first-order valence-electron chi connectivity index (χ1n) is 5.75. The zero-order chi connectivity index (χ0) is 13.8. The number of nitriles is 1. The monoisotopic (exact) mass is 277 g/mol. The van der Waals surface area contributed by atoms with Gasteiger partial charge in [-0.15, -0.1) is 0 Å². The summed E-state index contributed by atoms with van der Waals surface area (Å²) in [5.41, 5.74) is 0.485. The van der Waals surface area contributed by atoms with E-state index in [1.54, 1.807) is 18.2 Å². The van der Waals surface area contributed by atoms with Gasteiger partial charge >= 0.3 is 0 Å². The highest BCUT2D eigenvalue weighted by Crippen LogP contribution is 2.25. The largest absolute Gasteiger partial charge is 0.484 e. The minimum absolute atomic E-state index is 0.168. The van der Waals surface area contributed by atoms with Crippen LogP contribution >= 0.6 is 11.6 Å². The molecule has 6 heteroatoms. The molecule has 5 nitrogen and oxygen atoms in total. The van der Waals surface area contributed by atoms with Gasteiger partial charge in [0.25, 0.3) is 0 Å². The third-order valence-corrected chi connectivity index (χ3v) is 2.69. The number of ether oxygens (including phenoxy) is 1. The molecule has 1 aromatic heterocycles. The maximum Gasteiger partial charge on any atom is 0.229 e.